The van der Waals surface area contributed by atoms with Crippen LogP contribution in [0.25, 0.3) is 0 Å². The number of hydrogen-bond acceptors (Lipinski definition) is 3. The van der Waals surface area contributed by atoms with Crippen molar-refractivity contribution in [2.45, 2.75) is 13.3 Å². The first-order valence-electron chi connectivity index (χ1n) is 4.10. The van der Waals surface area contributed by atoms with Crippen LogP contribution in [0.15, 0.2) is 16.7 Å². The summed E-state index contributed by atoms with van der Waals surface area (Å²) in [4.78, 5) is 10.6. The minimum atomic E-state index is -0.860. The lowest BCUT2D eigenvalue weighted by Gasteiger charge is -2.06. The largest absolute Gasteiger partial charge is 0.481 e. The Morgan fingerprint density at radius 1 is 1.77 bits per heavy atom. The van der Waals surface area contributed by atoms with Crippen molar-refractivity contribution in [1.82, 2.24) is 0 Å². The molecule has 0 aromatic carbocycles. The van der Waals surface area contributed by atoms with Gasteiger partial charge < -0.3 is 15.3 Å². The zero-order chi connectivity index (χ0) is 9.84. The van der Waals surface area contributed by atoms with Crippen molar-refractivity contribution in [2.24, 2.45) is 11.7 Å². The summed E-state index contributed by atoms with van der Waals surface area (Å²) >= 11 is 0. The van der Waals surface area contributed by atoms with E-state index in [-0.39, 0.29) is 6.54 Å². The minimum Gasteiger partial charge on any atom is -0.481 e. The van der Waals surface area contributed by atoms with Crippen molar-refractivity contribution < 1.29 is 14.3 Å². The number of carbonyl (C=O) groups is 1. The standard InChI is InChI=1S/C9H13NO3/c1-6-2-7(5-13-6)3-8(4-10)9(11)12/h2,5,8H,3-4,10H2,1H3,(H,11,12). The SMILES string of the molecule is Cc1cc(CC(CN)C(=O)O)co1. The molecule has 0 bridgehead atoms. The number of hydrogen-bond donors (Lipinski definition) is 2. The lowest BCUT2D eigenvalue weighted by Crippen LogP contribution is -2.25. The summed E-state index contributed by atoms with van der Waals surface area (Å²) in [5, 5.41) is 8.73. The van der Waals surface area contributed by atoms with E-state index in [1.807, 2.05) is 13.0 Å². The highest BCUT2D eigenvalue weighted by atomic mass is 16.4. The quantitative estimate of drug-likeness (QED) is 0.723. The molecule has 13 heavy (non-hydrogen) atoms. The van der Waals surface area contributed by atoms with Gasteiger partial charge in [0.25, 0.3) is 0 Å². The zero-order valence-electron chi connectivity index (χ0n) is 7.49. The third kappa shape index (κ3) is 2.59. The van der Waals surface area contributed by atoms with Gasteiger partial charge in [0.05, 0.1) is 12.2 Å². The zero-order valence-corrected chi connectivity index (χ0v) is 7.49. The molecule has 4 nitrogen and oxygen atoms in total. The topological polar surface area (TPSA) is 76.5 Å². The van der Waals surface area contributed by atoms with Gasteiger partial charge in [-0.1, -0.05) is 0 Å². The van der Waals surface area contributed by atoms with Gasteiger partial charge in [0, 0.05) is 6.54 Å². The molecule has 72 valence electrons. The number of rotatable bonds is 4. The van der Waals surface area contributed by atoms with Gasteiger partial charge in [-0.15, -0.1) is 0 Å². The van der Waals surface area contributed by atoms with E-state index in [0.29, 0.717) is 6.42 Å². The van der Waals surface area contributed by atoms with Gasteiger partial charge in [0.15, 0.2) is 0 Å². The fourth-order valence-corrected chi connectivity index (χ4v) is 1.16. The Morgan fingerprint density at radius 3 is 2.85 bits per heavy atom. The Bertz CT molecular complexity index is 293. The summed E-state index contributed by atoms with van der Waals surface area (Å²) < 4.78 is 5.06. The second-order valence-corrected chi connectivity index (χ2v) is 3.04. The molecule has 4 heteroatoms. The highest BCUT2D eigenvalue weighted by molar-refractivity contribution is 5.70. The number of aryl methyl sites for hydroxylation is 1. The molecular formula is C9H13NO3. The molecular weight excluding hydrogens is 170 g/mol. The van der Waals surface area contributed by atoms with Gasteiger partial charge in [-0.2, -0.15) is 0 Å². The van der Waals surface area contributed by atoms with Crippen molar-refractivity contribution in [2.75, 3.05) is 6.54 Å². The van der Waals surface area contributed by atoms with Gasteiger partial charge in [-0.3, -0.25) is 4.79 Å². The summed E-state index contributed by atoms with van der Waals surface area (Å²) in [6, 6.07) is 1.82. The average molecular weight is 183 g/mol. The van der Waals surface area contributed by atoms with Gasteiger partial charge in [-0.05, 0) is 25.0 Å². The Hall–Kier alpha value is -1.29. The number of furan rings is 1. The molecule has 0 spiro atoms. The molecule has 0 aliphatic carbocycles. The lowest BCUT2D eigenvalue weighted by molar-refractivity contribution is -0.141. The Labute approximate surface area is 76.3 Å². The lowest BCUT2D eigenvalue weighted by atomic mass is 10.0. The van der Waals surface area contributed by atoms with Crippen LogP contribution in [0.3, 0.4) is 0 Å². The van der Waals surface area contributed by atoms with Crippen LogP contribution in [0.1, 0.15) is 11.3 Å². The molecule has 1 aromatic rings. The van der Waals surface area contributed by atoms with E-state index in [0.717, 1.165) is 11.3 Å². The second kappa shape index (κ2) is 4.09. The number of carboxylic acids is 1. The average Bonchev–Trinajstić information content (AvgIpc) is 2.46. The summed E-state index contributed by atoms with van der Waals surface area (Å²) in [5.41, 5.74) is 6.20. The smallest absolute Gasteiger partial charge is 0.308 e. The van der Waals surface area contributed by atoms with Crippen molar-refractivity contribution in [3.8, 4) is 0 Å². The molecule has 0 saturated heterocycles. The number of aliphatic carboxylic acids is 1. The number of carboxylic acid groups (broad SMARTS) is 1. The molecule has 0 fully saturated rings. The molecule has 1 aromatic heterocycles. The van der Waals surface area contributed by atoms with Crippen molar-refractivity contribution in [3.05, 3.63) is 23.7 Å². The van der Waals surface area contributed by atoms with E-state index in [2.05, 4.69) is 0 Å². The molecule has 3 N–H and O–H groups in total. The molecule has 0 amide bonds. The monoisotopic (exact) mass is 183 g/mol. The molecule has 1 atom stereocenters. The van der Waals surface area contributed by atoms with Crippen molar-refractivity contribution in [1.29, 1.82) is 0 Å². The second-order valence-electron chi connectivity index (χ2n) is 3.04. The van der Waals surface area contributed by atoms with Crippen LogP contribution in [0.5, 0.6) is 0 Å². The predicted molar refractivity (Wildman–Crippen MR) is 47.3 cm³/mol. The first-order chi connectivity index (χ1) is 6.13. The first-order valence-corrected chi connectivity index (χ1v) is 4.10. The fraction of sp³-hybridized carbons (Fsp3) is 0.444. The molecule has 1 heterocycles. The highest BCUT2D eigenvalue weighted by Gasteiger charge is 2.16. The number of nitrogens with two attached hydrogens (primary N) is 1. The maximum absolute atomic E-state index is 10.6. The Morgan fingerprint density at radius 2 is 2.46 bits per heavy atom. The maximum Gasteiger partial charge on any atom is 0.308 e. The van der Waals surface area contributed by atoms with Gasteiger partial charge >= 0.3 is 5.97 Å². The van der Waals surface area contributed by atoms with E-state index < -0.39 is 11.9 Å². The maximum atomic E-state index is 10.6. The van der Waals surface area contributed by atoms with E-state index in [1.54, 1.807) is 6.26 Å². The minimum absolute atomic E-state index is 0.152. The van der Waals surface area contributed by atoms with Gasteiger partial charge in [0.2, 0.25) is 0 Å². The summed E-state index contributed by atoms with van der Waals surface area (Å²) in [7, 11) is 0. The Balaban J connectivity index is 2.61. The van der Waals surface area contributed by atoms with Crippen LogP contribution in [-0.4, -0.2) is 17.6 Å². The van der Waals surface area contributed by atoms with Gasteiger partial charge in [-0.25, -0.2) is 0 Å². The molecule has 1 unspecified atom stereocenters. The third-order valence-corrected chi connectivity index (χ3v) is 1.90. The summed E-state index contributed by atoms with van der Waals surface area (Å²) in [5.74, 6) is -0.588. The first kappa shape index (κ1) is 9.80. The normalized spacial score (nSPS) is 12.8. The summed E-state index contributed by atoms with van der Waals surface area (Å²) in [6.07, 6.45) is 2.00. The third-order valence-electron chi connectivity index (χ3n) is 1.90. The van der Waals surface area contributed by atoms with Gasteiger partial charge in [0.1, 0.15) is 5.76 Å². The van der Waals surface area contributed by atoms with Crippen LogP contribution in [0.4, 0.5) is 0 Å². The Kier molecular flexibility index (Phi) is 3.08. The van der Waals surface area contributed by atoms with Crippen LogP contribution in [0, 0.1) is 12.8 Å². The van der Waals surface area contributed by atoms with Crippen LogP contribution < -0.4 is 5.73 Å². The van der Waals surface area contributed by atoms with Crippen LogP contribution in [-0.2, 0) is 11.2 Å². The van der Waals surface area contributed by atoms with E-state index in [4.69, 9.17) is 15.3 Å². The fourth-order valence-electron chi connectivity index (χ4n) is 1.16. The molecule has 0 saturated carbocycles. The van der Waals surface area contributed by atoms with Crippen LogP contribution >= 0.6 is 0 Å². The van der Waals surface area contributed by atoms with Crippen molar-refractivity contribution in [3.63, 3.8) is 0 Å². The highest BCUT2D eigenvalue weighted by Crippen LogP contribution is 2.11. The van der Waals surface area contributed by atoms with E-state index >= 15 is 0 Å². The molecule has 1 rings (SSSR count). The van der Waals surface area contributed by atoms with E-state index in [9.17, 15) is 4.79 Å². The molecule has 0 radical (unpaired) electrons. The van der Waals surface area contributed by atoms with Crippen molar-refractivity contribution >= 4 is 5.97 Å². The van der Waals surface area contributed by atoms with Crippen LogP contribution in [0.2, 0.25) is 0 Å². The summed E-state index contributed by atoms with van der Waals surface area (Å²) in [6.45, 7) is 1.97. The predicted octanol–water partition coefficient (Wildman–Crippen LogP) is 0.790. The molecule has 0 aliphatic heterocycles. The molecule has 0 aliphatic rings. The van der Waals surface area contributed by atoms with E-state index in [1.165, 1.54) is 0 Å².